The zero-order chi connectivity index (χ0) is 22.0. The Kier molecular flexibility index (Phi) is 5.61. The SMILES string of the molecule is CCCNc1nc(C)cn2c(-c3cnn(CC(=O)Nc4cccc(F)c4F)c3)cnc12. The number of nitrogens with zero attached hydrogens (tertiary/aromatic N) is 5. The van der Waals surface area contributed by atoms with E-state index >= 15 is 0 Å². The average Bonchev–Trinajstić information content (AvgIpc) is 3.36. The highest BCUT2D eigenvalue weighted by Crippen LogP contribution is 2.24. The molecule has 0 atom stereocenters. The van der Waals surface area contributed by atoms with E-state index in [9.17, 15) is 13.6 Å². The quantitative estimate of drug-likeness (QED) is 0.472. The molecule has 0 saturated carbocycles. The Morgan fingerprint density at radius 2 is 2.03 bits per heavy atom. The second-order valence-electron chi connectivity index (χ2n) is 7.07. The van der Waals surface area contributed by atoms with E-state index in [1.165, 1.54) is 16.8 Å². The first-order valence-corrected chi connectivity index (χ1v) is 9.81. The summed E-state index contributed by atoms with van der Waals surface area (Å²) in [5.74, 6) is -1.94. The van der Waals surface area contributed by atoms with Crippen molar-refractivity contribution < 1.29 is 13.6 Å². The van der Waals surface area contributed by atoms with Crippen LogP contribution in [0.2, 0.25) is 0 Å². The van der Waals surface area contributed by atoms with Gasteiger partial charge in [0.25, 0.3) is 0 Å². The van der Waals surface area contributed by atoms with Crippen LogP contribution in [0.3, 0.4) is 0 Å². The number of anilines is 2. The van der Waals surface area contributed by atoms with Gasteiger partial charge in [-0.25, -0.2) is 18.7 Å². The van der Waals surface area contributed by atoms with Crippen LogP contribution in [0.15, 0.2) is 43.0 Å². The standard InChI is InChI=1S/C21H21F2N7O/c1-3-7-24-20-21-25-9-17(30(21)10-13(2)27-20)14-8-26-29(11-14)12-18(31)28-16-6-4-5-15(22)19(16)23/h4-6,8-11H,3,7,12H2,1-2H3,(H,24,27)(H,28,31). The Labute approximate surface area is 176 Å². The fourth-order valence-corrected chi connectivity index (χ4v) is 3.20. The Bertz CT molecular complexity index is 1250. The lowest BCUT2D eigenvalue weighted by molar-refractivity contribution is -0.116. The molecule has 0 saturated heterocycles. The smallest absolute Gasteiger partial charge is 0.246 e. The number of hydrogen-bond donors (Lipinski definition) is 2. The zero-order valence-electron chi connectivity index (χ0n) is 17.1. The van der Waals surface area contributed by atoms with Crippen LogP contribution < -0.4 is 10.6 Å². The van der Waals surface area contributed by atoms with Gasteiger partial charge in [-0.1, -0.05) is 13.0 Å². The maximum absolute atomic E-state index is 13.7. The maximum atomic E-state index is 13.7. The van der Waals surface area contributed by atoms with Gasteiger partial charge < -0.3 is 10.6 Å². The van der Waals surface area contributed by atoms with E-state index in [4.69, 9.17) is 0 Å². The van der Waals surface area contributed by atoms with E-state index in [0.29, 0.717) is 11.5 Å². The van der Waals surface area contributed by atoms with E-state index in [1.807, 2.05) is 17.5 Å². The molecule has 3 aromatic heterocycles. The van der Waals surface area contributed by atoms with Gasteiger partial charge in [0.2, 0.25) is 5.91 Å². The normalized spacial score (nSPS) is 11.1. The molecule has 4 rings (SSSR count). The largest absolute Gasteiger partial charge is 0.367 e. The van der Waals surface area contributed by atoms with Crippen LogP contribution in [-0.2, 0) is 11.3 Å². The van der Waals surface area contributed by atoms with Gasteiger partial charge in [-0.15, -0.1) is 0 Å². The molecule has 4 aromatic rings. The Balaban J connectivity index is 1.55. The molecule has 0 bridgehead atoms. The lowest BCUT2D eigenvalue weighted by Gasteiger charge is -2.08. The monoisotopic (exact) mass is 425 g/mol. The number of benzene rings is 1. The summed E-state index contributed by atoms with van der Waals surface area (Å²) in [6, 6.07) is 3.61. The van der Waals surface area contributed by atoms with E-state index in [0.717, 1.165) is 36.0 Å². The average molecular weight is 425 g/mol. The fraction of sp³-hybridized carbons (Fsp3) is 0.238. The Morgan fingerprint density at radius 3 is 2.84 bits per heavy atom. The number of hydrogen-bond acceptors (Lipinski definition) is 5. The molecule has 0 aliphatic carbocycles. The van der Waals surface area contributed by atoms with Crippen molar-refractivity contribution in [1.29, 1.82) is 0 Å². The Morgan fingerprint density at radius 1 is 1.19 bits per heavy atom. The summed E-state index contributed by atoms with van der Waals surface area (Å²) in [7, 11) is 0. The van der Waals surface area contributed by atoms with Crippen LogP contribution in [0.5, 0.6) is 0 Å². The summed E-state index contributed by atoms with van der Waals surface area (Å²) in [6.07, 6.45) is 7.88. The van der Waals surface area contributed by atoms with Crippen molar-refractivity contribution in [3.8, 4) is 11.3 Å². The molecule has 0 aliphatic heterocycles. The minimum Gasteiger partial charge on any atom is -0.367 e. The molecule has 1 amide bonds. The highest BCUT2D eigenvalue weighted by Gasteiger charge is 2.15. The number of amides is 1. The number of aromatic nitrogens is 5. The lowest BCUT2D eigenvalue weighted by Crippen LogP contribution is -2.19. The van der Waals surface area contributed by atoms with E-state index in [2.05, 4.69) is 32.6 Å². The van der Waals surface area contributed by atoms with Crippen molar-refractivity contribution in [3.63, 3.8) is 0 Å². The first kappa shape index (κ1) is 20.5. The molecular formula is C21H21F2N7O. The van der Waals surface area contributed by atoms with E-state index in [1.54, 1.807) is 18.6 Å². The highest BCUT2D eigenvalue weighted by atomic mass is 19.2. The van der Waals surface area contributed by atoms with Crippen LogP contribution in [-0.4, -0.2) is 36.6 Å². The molecule has 160 valence electrons. The predicted octanol–water partition coefficient (Wildman–Crippen LogP) is 3.64. The second kappa shape index (κ2) is 8.50. The third-order valence-electron chi connectivity index (χ3n) is 4.62. The minimum atomic E-state index is -1.10. The van der Waals surface area contributed by atoms with Gasteiger partial charge in [0.05, 0.1) is 29.5 Å². The fourth-order valence-electron chi connectivity index (χ4n) is 3.20. The van der Waals surface area contributed by atoms with Crippen LogP contribution in [0.25, 0.3) is 16.9 Å². The molecule has 0 unspecified atom stereocenters. The first-order chi connectivity index (χ1) is 15.0. The summed E-state index contributed by atoms with van der Waals surface area (Å²) >= 11 is 0. The molecular weight excluding hydrogens is 404 g/mol. The van der Waals surface area contributed by atoms with Crippen molar-refractivity contribution in [2.45, 2.75) is 26.8 Å². The van der Waals surface area contributed by atoms with E-state index in [-0.39, 0.29) is 12.2 Å². The van der Waals surface area contributed by atoms with Gasteiger partial charge in [-0.2, -0.15) is 5.10 Å². The number of carbonyl (C=O) groups excluding carboxylic acids is 1. The molecule has 2 N–H and O–H groups in total. The van der Waals surface area contributed by atoms with Crippen LogP contribution in [0.4, 0.5) is 20.3 Å². The lowest BCUT2D eigenvalue weighted by atomic mass is 10.3. The van der Waals surface area contributed by atoms with Gasteiger partial charge in [0, 0.05) is 24.5 Å². The van der Waals surface area contributed by atoms with Crippen molar-refractivity contribution in [2.24, 2.45) is 0 Å². The number of imidazole rings is 1. The Hall–Kier alpha value is -3.82. The number of aryl methyl sites for hydroxylation is 1. The highest BCUT2D eigenvalue weighted by molar-refractivity contribution is 5.90. The van der Waals surface area contributed by atoms with Gasteiger partial charge in [0.1, 0.15) is 6.54 Å². The summed E-state index contributed by atoms with van der Waals surface area (Å²) in [4.78, 5) is 21.2. The van der Waals surface area contributed by atoms with Crippen molar-refractivity contribution in [2.75, 3.05) is 17.2 Å². The molecule has 3 heterocycles. The van der Waals surface area contributed by atoms with Gasteiger partial charge >= 0.3 is 0 Å². The third-order valence-corrected chi connectivity index (χ3v) is 4.62. The minimum absolute atomic E-state index is 0.156. The van der Waals surface area contributed by atoms with Gasteiger partial charge in [-0.05, 0) is 25.5 Å². The number of fused-ring (bicyclic) bond motifs is 1. The van der Waals surface area contributed by atoms with Gasteiger partial charge in [0.15, 0.2) is 23.1 Å². The van der Waals surface area contributed by atoms with Crippen molar-refractivity contribution >= 4 is 23.1 Å². The number of nitrogens with one attached hydrogen (secondary N) is 2. The van der Waals surface area contributed by atoms with Gasteiger partial charge in [-0.3, -0.25) is 13.9 Å². The molecule has 0 radical (unpaired) electrons. The molecule has 0 fully saturated rings. The summed E-state index contributed by atoms with van der Waals surface area (Å²) in [5, 5.41) is 9.85. The van der Waals surface area contributed by atoms with Crippen LogP contribution in [0.1, 0.15) is 19.0 Å². The van der Waals surface area contributed by atoms with Crippen LogP contribution in [0, 0.1) is 18.6 Å². The summed E-state index contributed by atoms with van der Waals surface area (Å²) in [5.41, 5.74) is 2.86. The summed E-state index contributed by atoms with van der Waals surface area (Å²) < 4.78 is 30.4. The van der Waals surface area contributed by atoms with Crippen molar-refractivity contribution in [3.05, 3.63) is 60.3 Å². The number of halogens is 2. The molecule has 1 aromatic carbocycles. The number of carbonyl (C=O) groups is 1. The second-order valence-corrected chi connectivity index (χ2v) is 7.07. The molecule has 10 heteroatoms. The summed E-state index contributed by atoms with van der Waals surface area (Å²) in [6.45, 7) is 4.60. The maximum Gasteiger partial charge on any atom is 0.246 e. The molecule has 0 spiro atoms. The topological polar surface area (TPSA) is 89.1 Å². The predicted molar refractivity (Wildman–Crippen MR) is 113 cm³/mol. The first-order valence-electron chi connectivity index (χ1n) is 9.81. The third kappa shape index (κ3) is 4.23. The molecule has 0 aliphatic rings. The van der Waals surface area contributed by atoms with Crippen molar-refractivity contribution in [1.82, 2.24) is 24.1 Å². The van der Waals surface area contributed by atoms with E-state index < -0.39 is 17.5 Å². The number of rotatable bonds is 7. The molecule has 8 nitrogen and oxygen atoms in total. The zero-order valence-corrected chi connectivity index (χ0v) is 17.1. The van der Waals surface area contributed by atoms with Crippen LogP contribution >= 0.6 is 0 Å². The molecule has 31 heavy (non-hydrogen) atoms.